The summed E-state index contributed by atoms with van der Waals surface area (Å²) in [5, 5.41) is 10.4. The number of nitrogens with one attached hydrogen (secondary N) is 2. The van der Waals surface area contributed by atoms with E-state index in [1.807, 2.05) is 6.07 Å². The Hall–Kier alpha value is -2.45. The number of likely N-dealkylation sites (N-methyl/N-ethyl adjacent to an activating group) is 1. The van der Waals surface area contributed by atoms with Gasteiger partial charge in [0.15, 0.2) is 16.6 Å². The molecule has 1 amide bonds. The SMILES string of the molecule is CN1[C@H]2CC[C@H]1c1sc(NC(=O)c3cc(-c4ccco4)[nH]n3)nc1C2. The lowest BCUT2D eigenvalue weighted by Gasteiger charge is -2.29. The number of anilines is 1. The van der Waals surface area contributed by atoms with Gasteiger partial charge in [-0.1, -0.05) is 11.3 Å². The third kappa shape index (κ3) is 2.40. The Labute approximate surface area is 148 Å². The van der Waals surface area contributed by atoms with Crippen LogP contribution >= 0.6 is 11.3 Å². The van der Waals surface area contributed by atoms with Crippen molar-refractivity contribution in [1.29, 1.82) is 0 Å². The molecule has 5 heterocycles. The number of rotatable bonds is 3. The number of carbonyl (C=O) groups is 1. The van der Waals surface area contributed by atoms with E-state index in [9.17, 15) is 4.79 Å². The number of furan rings is 1. The highest BCUT2D eigenvalue weighted by Crippen LogP contribution is 2.45. The zero-order valence-corrected chi connectivity index (χ0v) is 14.5. The number of hydrogen-bond acceptors (Lipinski definition) is 6. The molecule has 2 N–H and O–H groups in total. The Morgan fingerprint density at radius 3 is 3.24 bits per heavy atom. The molecule has 3 aromatic heterocycles. The molecule has 2 bridgehead atoms. The maximum absolute atomic E-state index is 12.5. The van der Waals surface area contributed by atoms with Crippen molar-refractivity contribution in [3.8, 4) is 11.5 Å². The van der Waals surface area contributed by atoms with Crippen molar-refractivity contribution in [2.45, 2.75) is 31.3 Å². The minimum absolute atomic E-state index is 0.265. The standard InChI is InChI=1S/C17H17N5O2S/c1-22-9-4-5-13(22)15-11(7-9)18-17(25-15)19-16(23)12-8-10(20-21-12)14-3-2-6-24-14/h2-3,6,8-9,13H,4-5,7H2,1H3,(H,20,21)(H,18,19,23)/t9-,13-/m0/s1. The fourth-order valence-electron chi connectivity index (χ4n) is 3.78. The zero-order valence-electron chi connectivity index (χ0n) is 13.7. The third-order valence-electron chi connectivity index (χ3n) is 5.12. The van der Waals surface area contributed by atoms with E-state index in [2.05, 4.69) is 32.4 Å². The van der Waals surface area contributed by atoms with Crippen LogP contribution in [0.2, 0.25) is 0 Å². The monoisotopic (exact) mass is 355 g/mol. The van der Waals surface area contributed by atoms with E-state index in [0.717, 1.165) is 12.1 Å². The molecular weight excluding hydrogens is 338 g/mol. The van der Waals surface area contributed by atoms with E-state index in [1.54, 1.807) is 29.7 Å². The minimum atomic E-state index is -0.265. The van der Waals surface area contributed by atoms with Gasteiger partial charge < -0.3 is 4.42 Å². The molecule has 0 saturated carbocycles. The van der Waals surface area contributed by atoms with Crippen LogP contribution in [0.4, 0.5) is 5.13 Å². The van der Waals surface area contributed by atoms with Crippen molar-refractivity contribution in [2.75, 3.05) is 12.4 Å². The number of H-pyrrole nitrogens is 1. The third-order valence-corrected chi connectivity index (χ3v) is 6.23. The van der Waals surface area contributed by atoms with Crippen LogP contribution < -0.4 is 5.32 Å². The Kier molecular flexibility index (Phi) is 3.29. The summed E-state index contributed by atoms with van der Waals surface area (Å²) in [4.78, 5) is 20.9. The number of aromatic nitrogens is 3. The molecule has 8 heteroatoms. The second-order valence-electron chi connectivity index (χ2n) is 6.54. The average Bonchev–Trinajstić information content (AvgIpc) is 3.35. The van der Waals surface area contributed by atoms with Gasteiger partial charge in [-0.25, -0.2) is 4.98 Å². The van der Waals surface area contributed by atoms with Gasteiger partial charge in [0.25, 0.3) is 5.91 Å². The highest BCUT2D eigenvalue weighted by molar-refractivity contribution is 7.16. The van der Waals surface area contributed by atoms with Crippen molar-refractivity contribution in [1.82, 2.24) is 20.1 Å². The first kappa shape index (κ1) is 14.9. The molecule has 2 aliphatic rings. The highest BCUT2D eigenvalue weighted by atomic mass is 32.1. The predicted molar refractivity (Wildman–Crippen MR) is 93.6 cm³/mol. The second kappa shape index (κ2) is 5.53. The van der Waals surface area contributed by atoms with Crippen LogP contribution in [0, 0.1) is 0 Å². The summed E-state index contributed by atoms with van der Waals surface area (Å²) in [5.74, 6) is 0.383. The first-order valence-corrected chi connectivity index (χ1v) is 9.13. The molecule has 25 heavy (non-hydrogen) atoms. The summed E-state index contributed by atoms with van der Waals surface area (Å²) in [5.41, 5.74) is 2.13. The van der Waals surface area contributed by atoms with Crippen LogP contribution in [0.3, 0.4) is 0 Å². The average molecular weight is 355 g/mol. The molecule has 0 spiro atoms. The molecule has 7 nitrogen and oxygen atoms in total. The number of aromatic amines is 1. The Bertz CT molecular complexity index is 929. The van der Waals surface area contributed by atoms with Gasteiger partial charge >= 0.3 is 0 Å². The van der Waals surface area contributed by atoms with Gasteiger partial charge in [-0.3, -0.25) is 20.1 Å². The Morgan fingerprint density at radius 1 is 1.48 bits per heavy atom. The molecular formula is C17H17N5O2S. The van der Waals surface area contributed by atoms with E-state index in [0.29, 0.717) is 34.4 Å². The normalized spacial score (nSPS) is 22.1. The first-order chi connectivity index (χ1) is 12.2. The molecule has 0 unspecified atom stereocenters. The number of nitrogens with zero attached hydrogens (tertiary/aromatic N) is 3. The Balaban J connectivity index is 1.36. The molecule has 128 valence electrons. The number of hydrogen-bond donors (Lipinski definition) is 2. The number of carbonyl (C=O) groups excluding carboxylic acids is 1. The van der Waals surface area contributed by atoms with E-state index in [4.69, 9.17) is 4.42 Å². The molecule has 0 aromatic carbocycles. The van der Waals surface area contributed by atoms with Gasteiger partial charge in [0.1, 0.15) is 5.69 Å². The fraction of sp³-hybridized carbons (Fsp3) is 0.353. The topological polar surface area (TPSA) is 87.0 Å². The van der Waals surface area contributed by atoms with E-state index >= 15 is 0 Å². The van der Waals surface area contributed by atoms with Crippen LogP contribution in [-0.2, 0) is 6.42 Å². The van der Waals surface area contributed by atoms with Crippen LogP contribution in [0.15, 0.2) is 28.9 Å². The van der Waals surface area contributed by atoms with Gasteiger partial charge in [0.05, 0.1) is 12.0 Å². The summed E-state index contributed by atoms with van der Waals surface area (Å²) >= 11 is 1.58. The van der Waals surface area contributed by atoms with Gasteiger partial charge in [-0.2, -0.15) is 5.10 Å². The number of fused-ring (bicyclic) bond motifs is 4. The minimum Gasteiger partial charge on any atom is -0.463 e. The van der Waals surface area contributed by atoms with Crippen molar-refractivity contribution < 1.29 is 9.21 Å². The smallest absolute Gasteiger partial charge is 0.277 e. The lowest BCUT2D eigenvalue weighted by molar-refractivity contribution is 0.102. The molecule has 5 rings (SSSR count). The molecule has 3 aromatic rings. The molecule has 1 fully saturated rings. The largest absolute Gasteiger partial charge is 0.463 e. The zero-order chi connectivity index (χ0) is 17.0. The van der Waals surface area contributed by atoms with Crippen molar-refractivity contribution in [3.63, 3.8) is 0 Å². The second-order valence-corrected chi connectivity index (χ2v) is 7.58. The van der Waals surface area contributed by atoms with E-state index < -0.39 is 0 Å². The molecule has 0 aliphatic carbocycles. The Morgan fingerprint density at radius 2 is 2.40 bits per heavy atom. The van der Waals surface area contributed by atoms with Crippen molar-refractivity contribution >= 4 is 22.4 Å². The maximum Gasteiger partial charge on any atom is 0.277 e. The summed E-state index contributed by atoms with van der Waals surface area (Å²) in [6.45, 7) is 0. The number of amides is 1. The van der Waals surface area contributed by atoms with Gasteiger partial charge in [-0.05, 0) is 32.0 Å². The lowest BCUT2D eigenvalue weighted by Crippen LogP contribution is -2.33. The highest BCUT2D eigenvalue weighted by Gasteiger charge is 2.39. The summed E-state index contributed by atoms with van der Waals surface area (Å²) in [6.07, 6.45) is 4.96. The molecule has 1 saturated heterocycles. The van der Waals surface area contributed by atoms with Crippen LogP contribution in [0.5, 0.6) is 0 Å². The van der Waals surface area contributed by atoms with Crippen molar-refractivity contribution in [2.24, 2.45) is 0 Å². The quantitative estimate of drug-likeness (QED) is 0.754. The summed E-state index contributed by atoms with van der Waals surface area (Å²) < 4.78 is 5.31. The maximum atomic E-state index is 12.5. The lowest BCUT2D eigenvalue weighted by atomic mass is 10.1. The van der Waals surface area contributed by atoms with Gasteiger partial charge in [0, 0.05) is 29.4 Å². The van der Waals surface area contributed by atoms with Gasteiger partial charge in [0.2, 0.25) is 0 Å². The van der Waals surface area contributed by atoms with Crippen LogP contribution in [0.1, 0.15) is 39.9 Å². The van der Waals surface area contributed by atoms with Crippen LogP contribution in [0.25, 0.3) is 11.5 Å². The predicted octanol–water partition coefficient (Wildman–Crippen LogP) is 3.07. The van der Waals surface area contributed by atoms with Gasteiger partial charge in [-0.15, -0.1) is 0 Å². The van der Waals surface area contributed by atoms with Crippen LogP contribution in [-0.4, -0.2) is 39.1 Å². The molecule has 0 radical (unpaired) electrons. The van der Waals surface area contributed by atoms with E-state index in [1.165, 1.54) is 17.7 Å². The van der Waals surface area contributed by atoms with Crippen molar-refractivity contribution in [3.05, 3.63) is 40.7 Å². The molecule has 2 atom stereocenters. The summed E-state index contributed by atoms with van der Waals surface area (Å²) in [7, 11) is 2.18. The fourth-order valence-corrected chi connectivity index (χ4v) is 4.95. The first-order valence-electron chi connectivity index (χ1n) is 8.31. The molecule has 2 aliphatic heterocycles. The van der Waals surface area contributed by atoms with E-state index in [-0.39, 0.29) is 5.91 Å². The summed E-state index contributed by atoms with van der Waals surface area (Å²) in [6, 6.07) is 6.33. The number of thiazole rings is 1.